The van der Waals surface area contributed by atoms with E-state index in [0.29, 0.717) is 15.7 Å². The first-order chi connectivity index (χ1) is 15.1. The number of nitrogens with zero attached hydrogens (tertiary/aromatic N) is 1. The number of hydrogen-bond acceptors (Lipinski definition) is 5. The van der Waals surface area contributed by atoms with E-state index in [0.717, 1.165) is 9.37 Å². The molecule has 0 unspecified atom stereocenters. The highest BCUT2D eigenvalue weighted by molar-refractivity contribution is 9.10. The Hall–Kier alpha value is -2.23. The number of imide groups is 1. The fraction of sp³-hybridized carbons (Fsp3) is 0.348. The first-order valence-electron chi connectivity index (χ1n) is 10.2. The van der Waals surface area contributed by atoms with Crippen LogP contribution in [0.3, 0.4) is 0 Å². The maximum absolute atomic E-state index is 13.6. The SMILES string of the molecule is CC(C)C[C@@]1(C(=O)O)N[C@@H](c2cc(Br)ccc2O)[C@H]2C(=O)N(c3ccc(Br)cc3)C(=O)[C@@H]21. The van der Waals surface area contributed by atoms with Crippen molar-refractivity contribution >= 4 is 55.3 Å². The number of nitrogens with one attached hydrogen (secondary N) is 1. The number of fused-ring (bicyclic) bond motifs is 1. The number of carbonyl (C=O) groups excluding carboxylic acids is 2. The van der Waals surface area contributed by atoms with Gasteiger partial charge < -0.3 is 10.2 Å². The molecule has 2 amide bonds. The molecule has 4 rings (SSSR count). The molecule has 2 aromatic rings. The molecule has 2 aliphatic heterocycles. The summed E-state index contributed by atoms with van der Waals surface area (Å²) in [5, 5.41) is 24.0. The number of carboxylic acid groups (broad SMARTS) is 1. The van der Waals surface area contributed by atoms with E-state index in [1.54, 1.807) is 36.4 Å². The first-order valence-corrected chi connectivity index (χ1v) is 11.8. The fourth-order valence-corrected chi connectivity index (χ4v) is 5.65. The summed E-state index contributed by atoms with van der Waals surface area (Å²) in [4.78, 5) is 41.0. The van der Waals surface area contributed by atoms with Gasteiger partial charge in [-0.2, -0.15) is 0 Å². The molecule has 0 radical (unpaired) electrons. The predicted molar refractivity (Wildman–Crippen MR) is 125 cm³/mol. The van der Waals surface area contributed by atoms with Gasteiger partial charge in [-0.05, 0) is 54.8 Å². The van der Waals surface area contributed by atoms with E-state index in [2.05, 4.69) is 37.2 Å². The highest BCUT2D eigenvalue weighted by Crippen LogP contribution is 2.53. The summed E-state index contributed by atoms with van der Waals surface area (Å²) in [5.41, 5.74) is -0.881. The number of aliphatic carboxylic acids is 1. The Balaban J connectivity index is 1.89. The maximum atomic E-state index is 13.6. The highest BCUT2D eigenvalue weighted by atomic mass is 79.9. The number of phenolic OH excluding ortho intramolecular Hbond substituents is 1. The summed E-state index contributed by atoms with van der Waals surface area (Å²) < 4.78 is 1.46. The minimum Gasteiger partial charge on any atom is -0.508 e. The quantitative estimate of drug-likeness (QED) is 0.468. The lowest BCUT2D eigenvalue weighted by Gasteiger charge is -2.32. The number of aromatic hydroxyl groups is 1. The van der Waals surface area contributed by atoms with E-state index in [9.17, 15) is 24.6 Å². The van der Waals surface area contributed by atoms with Gasteiger partial charge in [-0.25, -0.2) is 4.90 Å². The molecule has 168 valence electrons. The molecule has 9 heteroatoms. The Morgan fingerprint density at radius 1 is 1.09 bits per heavy atom. The number of amides is 2. The molecular weight excluding hydrogens is 544 g/mol. The van der Waals surface area contributed by atoms with Crippen molar-refractivity contribution in [3.63, 3.8) is 0 Å². The number of rotatable bonds is 5. The second kappa shape index (κ2) is 8.28. The summed E-state index contributed by atoms with van der Waals surface area (Å²) in [5.74, 6) is -4.42. The van der Waals surface area contributed by atoms with Crippen molar-refractivity contribution in [3.8, 4) is 5.75 Å². The van der Waals surface area contributed by atoms with Crippen LogP contribution in [0.15, 0.2) is 51.4 Å². The molecule has 0 spiro atoms. The zero-order chi connectivity index (χ0) is 23.4. The van der Waals surface area contributed by atoms with Crippen molar-refractivity contribution in [1.82, 2.24) is 5.32 Å². The van der Waals surface area contributed by atoms with Gasteiger partial charge in [0.05, 0.1) is 17.5 Å². The molecule has 2 saturated heterocycles. The summed E-state index contributed by atoms with van der Waals surface area (Å²) >= 11 is 6.72. The van der Waals surface area contributed by atoms with Crippen molar-refractivity contribution in [2.24, 2.45) is 17.8 Å². The van der Waals surface area contributed by atoms with Gasteiger partial charge >= 0.3 is 5.97 Å². The molecule has 0 aliphatic carbocycles. The van der Waals surface area contributed by atoms with Crippen molar-refractivity contribution < 1.29 is 24.6 Å². The van der Waals surface area contributed by atoms with E-state index < -0.39 is 41.2 Å². The number of benzene rings is 2. The predicted octanol–water partition coefficient (Wildman–Crippen LogP) is 4.24. The molecule has 0 saturated carbocycles. The van der Waals surface area contributed by atoms with Gasteiger partial charge in [0.25, 0.3) is 0 Å². The van der Waals surface area contributed by atoms with Crippen LogP contribution in [0.2, 0.25) is 0 Å². The monoisotopic (exact) mass is 564 g/mol. The zero-order valence-corrected chi connectivity index (χ0v) is 20.6. The molecule has 2 aromatic carbocycles. The minimum absolute atomic E-state index is 0.0567. The molecule has 3 N–H and O–H groups in total. The Morgan fingerprint density at radius 2 is 1.72 bits per heavy atom. The van der Waals surface area contributed by atoms with Crippen molar-refractivity contribution in [2.45, 2.75) is 31.8 Å². The summed E-state index contributed by atoms with van der Waals surface area (Å²) in [6, 6.07) is 10.7. The van der Waals surface area contributed by atoms with E-state index in [1.807, 2.05) is 13.8 Å². The molecule has 2 aliphatic rings. The average Bonchev–Trinajstić information content (AvgIpc) is 3.19. The fourth-order valence-electron chi connectivity index (χ4n) is 5.00. The second-order valence-electron chi connectivity index (χ2n) is 8.69. The van der Waals surface area contributed by atoms with Crippen LogP contribution in [-0.4, -0.2) is 33.5 Å². The van der Waals surface area contributed by atoms with Crippen LogP contribution in [0.1, 0.15) is 31.9 Å². The molecule has 0 aromatic heterocycles. The Kier molecular flexibility index (Phi) is 5.94. The molecule has 2 heterocycles. The smallest absolute Gasteiger partial charge is 0.324 e. The lowest BCUT2D eigenvalue weighted by Crippen LogP contribution is -2.56. The molecule has 0 bridgehead atoms. The number of anilines is 1. The van der Waals surface area contributed by atoms with Gasteiger partial charge in [0, 0.05) is 20.6 Å². The second-order valence-corrected chi connectivity index (χ2v) is 10.5. The standard InChI is InChI=1S/C23H22Br2N2O5/c1-11(2)10-23(22(31)32)18-17(19(26-23)15-9-13(25)5-8-16(15)28)20(29)27(21(18)30)14-6-3-12(24)4-7-14/h3-9,11,17-19,26,28H,10H2,1-2H3,(H,31,32)/t17-,18+,19-,23+/m0/s1. The van der Waals surface area contributed by atoms with Gasteiger partial charge in [-0.3, -0.25) is 19.7 Å². The van der Waals surface area contributed by atoms with E-state index in [-0.39, 0.29) is 18.1 Å². The van der Waals surface area contributed by atoms with Crippen LogP contribution in [-0.2, 0) is 14.4 Å². The molecular formula is C23H22Br2N2O5. The summed E-state index contributed by atoms with van der Waals surface area (Å²) in [6.45, 7) is 3.75. The van der Waals surface area contributed by atoms with Crippen LogP contribution in [0.25, 0.3) is 0 Å². The summed E-state index contributed by atoms with van der Waals surface area (Å²) in [7, 11) is 0. The number of carboxylic acids is 1. The van der Waals surface area contributed by atoms with Crippen molar-refractivity contribution in [3.05, 3.63) is 57.0 Å². The third-order valence-corrected chi connectivity index (χ3v) is 7.20. The lowest BCUT2D eigenvalue weighted by atomic mass is 9.75. The number of hydrogen-bond donors (Lipinski definition) is 3. The molecule has 2 fully saturated rings. The Labute approximate surface area is 202 Å². The molecule has 7 nitrogen and oxygen atoms in total. The maximum Gasteiger partial charge on any atom is 0.324 e. The van der Waals surface area contributed by atoms with Crippen LogP contribution in [0.4, 0.5) is 5.69 Å². The van der Waals surface area contributed by atoms with E-state index in [1.165, 1.54) is 6.07 Å². The van der Waals surface area contributed by atoms with Gasteiger partial charge in [-0.1, -0.05) is 45.7 Å². The number of phenols is 1. The zero-order valence-electron chi connectivity index (χ0n) is 17.4. The van der Waals surface area contributed by atoms with Gasteiger partial charge in [0.1, 0.15) is 11.3 Å². The topological polar surface area (TPSA) is 107 Å². The average molecular weight is 566 g/mol. The van der Waals surface area contributed by atoms with Crippen LogP contribution < -0.4 is 10.2 Å². The van der Waals surface area contributed by atoms with E-state index in [4.69, 9.17) is 0 Å². The van der Waals surface area contributed by atoms with Gasteiger partial charge in [0.15, 0.2) is 0 Å². The number of carbonyl (C=O) groups is 3. The number of halogens is 2. The van der Waals surface area contributed by atoms with Crippen LogP contribution >= 0.6 is 31.9 Å². The summed E-state index contributed by atoms with van der Waals surface area (Å²) in [6.07, 6.45) is 0.155. The van der Waals surface area contributed by atoms with Crippen LogP contribution in [0.5, 0.6) is 5.75 Å². The Morgan fingerprint density at radius 3 is 2.31 bits per heavy atom. The largest absolute Gasteiger partial charge is 0.508 e. The molecule has 32 heavy (non-hydrogen) atoms. The third kappa shape index (κ3) is 3.56. The normalized spacial score (nSPS) is 27.3. The highest BCUT2D eigenvalue weighted by Gasteiger charge is 2.68. The van der Waals surface area contributed by atoms with Crippen molar-refractivity contribution in [2.75, 3.05) is 4.90 Å². The van der Waals surface area contributed by atoms with Crippen LogP contribution in [0, 0.1) is 17.8 Å². The Bertz CT molecular complexity index is 1100. The molecule has 4 atom stereocenters. The minimum atomic E-state index is -1.64. The first kappa shape index (κ1) is 22.9. The van der Waals surface area contributed by atoms with E-state index >= 15 is 0 Å². The van der Waals surface area contributed by atoms with Crippen molar-refractivity contribution in [1.29, 1.82) is 0 Å². The van der Waals surface area contributed by atoms with Gasteiger partial charge in [0.2, 0.25) is 11.8 Å². The third-order valence-electron chi connectivity index (χ3n) is 6.18. The lowest BCUT2D eigenvalue weighted by molar-refractivity contribution is -0.149. The van der Waals surface area contributed by atoms with Gasteiger partial charge in [-0.15, -0.1) is 0 Å².